The first-order valence-corrected chi connectivity index (χ1v) is 9.34. The minimum absolute atomic E-state index is 0.0743. The third kappa shape index (κ3) is 2.38. The van der Waals surface area contributed by atoms with Gasteiger partial charge in [-0.2, -0.15) is 4.99 Å². The van der Waals surface area contributed by atoms with Crippen LogP contribution in [0.25, 0.3) is 0 Å². The van der Waals surface area contributed by atoms with E-state index in [1.165, 1.54) is 5.57 Å². The van der Waals surface area contributed by atoms with Crippen LogP contribution in [-0.4, -0.2) is 36.4 Å². The van der Waals surface area contributed by atoms with Crippen LogP contribution < -0.4 is 0 Å². The van der Waals surface area contributed by atoms with E-state index < -0.39 is 6.10 Å². The van der Waals surface area contributed by atoms with E-state index in [0.717, 1.165) is 37.0 Å². The molecule has 1 fully saturated rings. The van der Waals surface area contributed by atoms with Crippen LogP contribution in [0.15, 0.2) is 34.6 Å². The summed E-state index contributed by atoms with van der Waals surface area (Å²) in [6.45, 7) is 8.48. The molecule has 4 heteroatoms. The van der Waals surface area contributed by atoms with Crippen LogP contribution >= 0.6 is 0 Å². The maximum absolute atomic E-state index is 10.3. The molecule has 2 aliphatic carbocycles. The smallest absolute Gasteiger partial charge is 0.470 e. The highest BCUT2D eigenvalue weighted by Crippen LogP contribution is 2.63. The Hall–Kier alpha value is -1.64. The summed E-state index contributed by atoms with van der Waals surface area (Å²) in [4.78, 5) is 4.78. The average Bonchev–Trinajstić information content (AvgIpc) is 2.82. The highest BCUT2D eigenvalue weighted by atomic mass is 16.5. The van der Waals surface area contributed by atoms with E-state index >= 15 is 0 Å². The molecule has 5 atom stereocenters. The summed E-state index contributed by atoms with van der Waals surface area (Å²) in [5.41, 5.74) is 2.48. The minimum Gasteiger partial charge on any atom is -0.493 e. The number of ether oxygens (including phenoxy) is 2. The Morgan fingerprint density at radius 2 is 2.32 bits per heavy atom. The number of methoxy groups -OCH3 is 1. The number of hydrogen-bond acceptors (Lipinski definition) is 4. The van der Waals surface area contributed by atoms with Gasteiger partial charge in [-0.3, -0.25) is 0 Å². The van der Waals surface area contributed by atoms with Crippen molar-refractivity contribution in [2.45, 2.75) is 70.6 Å². The van der Waals surface area contributed by atoms with Crippen molar-refractivity contribution in [3.63, 3.8) is 0 Å². The second-order valence-electron chi connectivity index (χ2n) is 8.43. The fraction of sp³-hybridized carbons (Fsp3) is 0.667. The van der Waals surface area contributed by atoms with Crippen LogP contribution in [0, 0.1) is 16.9 Å². The van der Waals surface area contributed by atoms with Crippen LogP contribution in [0.1, 0.15) is 52.4 Å². The van der Waals surface area contributed by atoms with Crippen molar-refractivity contribution in [3.05, 3.63) is 35.6 Å². The molecule has 25 heavy (non-hydrogen) atoms. The van der Waals surface area contributed by atoms with Crippen molar-refractivity contribution in [2.24, 2.45) is 15.8 Å². The molecule has 2 unspecified atom stereocenters. The number of rotatable bonds is 2. The Labute approximate surface area is 150 Å². The third-order valence-electron chi connectivity index (χ3n) is 6.65. The molecule has 0 saturated heterocycles. The van der Waals surface area contributed by atoms with Crippen LogP contribution in [0.2, 0.25) is 0 Å². The molecule has 2 aliphatic heterocycles. The van der Waals surface area contributed by atoms with Gasteiger partial charge in [0.1, 0.15) is 17.3 Å². The van der Waals surface area contributed by atoms with Gasteiger partial charge in [0.05, 0.1) is 19.3 Å². The van der Waals surface area contributed by atoms with Crippen molar-refractivity contribution < 1.29 is 14.6 Å². The summed E-state index contributed by atoms with van der Waals surface area (Å²) in [5, 5.41) is 10.3. The SMILES string of the molecule is C=CCC1(C)CC[C@H]2OC3=C4[C@H](C[C@H](O)C3)N=C(OC)[C+]=C(C)C42C1. The Morgan fingerprint density at radius 3 is 3.04 bits per heavy atom. The molecular weight excluding hydrogens is 314 g/mol. The zero-order chi connectivity index (χ0) is 17.8. The third-order valence-corrected chi connectivity index (χ3v) is 6.65. The Bertz CT molecular complexity index is 691. The van der Waals surface area contributed by atoms with E-state index in [1.54, 1.807) is 7.11 Å². The van der Waals surface area contributed by atoms with Gasteiger partial charge in [-0.05, 0) is 31.1 Å². The van der Waals surface area contributed by atoms with E-state index in [9.17, 15) is 5.11 Å². The zero-order valence-electron chi connectivity index (χ0n) is 15.5. The first kappa shape index (κ1) is 16.8. The van der Waals surface area contributed by atoms with Crippen molar-refractivity contribution >= 4 is 5.90 Å². The zero-order valence-corrected chi connectivity index (χ0v) is 15.5. The van der Waals surface area contributed by atoms with E-state index in [4.69, 9.17) is 14.5 Å². The number of nitrogens with zero attached hydrogens (tertiary/aromatic N) is 1. The second-order valence-corrected chi connectivity index (χ2v) is 8.43. The lowest BCUT2D eigenvalue weighted by Crippen LogP contribution is -2.46. The topological polar surface area (TPSA) is 51.0 Å². The number of allylic oxidation sites excluding steroid dienone is 1. The van der Waals surface area contributed by atoms with Crippen LogP contribution in [0.5, 0.6) is 0 Å². The largest absolute Gasteiger partial charge is 0.493 e. The molecule has 4 rings (SSSR count). The standard InChI is InChI=1S/C21H28NO3/c1-5-7-20(3)8-6-17-21(12-20)13(2)9-18(24-4)22-15-10-14(23)11-16(25-17)19(15)21/h5,14-15,17,23H,1,6-8,10-12H2,2-4H3/q+1/t14-,15-,17+,20?,21?/m0/s1. The van der Waals surface area contributed by atoms with Gasteiger partial charge in [0.15, 0.2) is 5.57 Å². The monoisotopic (exact) mass is 342 g/mol. The molecule has 0 bridgehead atoms. The normalized spacial score (nSPS) is 42.2. The molecule has 1 N–H and O–H groups in total. The molecule has 134 valence electrons. The molecule has 0 aromatic carbocycles. The molecule has 4 aliphatic rings. The summed E-state index contributed by atoms with van der Waals surface area (Å²) in [5.74, 6) is 1.51. The van der Waals surface area contributed by atoms with Gasteiger partial charge < -0.3 is 14.6 Å². The average molecular weight is 342 g/mol. The van der Waals surface area contributed by atoms with E-state index in [2.05, 4.69) is 26.5 Å². The molecule has 0 amide bonds. The lowest BCUT2D eigenvalue weighted by molar-refractivity contribution is -0.00897. The van der Waals surface area contributed by atoms with E-state index in [1.807, 2.05) is 6.08 Å². The van der Waals surface area contributed by atoms with E-state index in [-0.39, 0.29) is 23.0 Å². The summed E-state index contributed by atoms with van der Waals surface area (Å²) in [6.07, 6.45) is 10.6. The van der Waals surface area contributed by atoms with Crippen molar-refractivity contribution in [1.29, 1.82) is 0 Å². The molecule has 1 spiro atoms. The van der Waals surface area contributed by atoms with E-state index in [0.29, 0.717) is 18.7 Å². The lowest BCUT2D eigenvalue weighted by Gasteiger charge is -2.46. The maximum Gasteiger partial charge on any atom is 0.470 e. The lowest BCUT2D eigenvalue weighted by atomic mass is 9.54. The molecule has 2 heterocycles. The Balaban J connectivity index is 1.88. The minimum atomic E-state index is -0.402. The first-order chi connectivity index (χ1) is 11.9. The number of hydrogen-bond donors (Lipinski definition) is 1. The second kappa shape index (κ2) is 5.69. The van der Waals surface area contributed by atoms with Gasteiger partial charge in [-0.25, -0.2) is 0 Å². The van der Waals surface area contributed by atoms with Gasteiger partial charge in [0, 0.05) is 25.3 Å². The Morgan fingerprint density at radius 1 is 1.52 bits per heavy atom. The first-order valence-electron chi connectivity index (χ1n) is 9.34. The highest BCUT2D eigenvalue weighted by Gasteiger charge is 2.64. The molecule has 1 saturated carbocycles. The van der Waals surface area contributed by atoms with Gasteiger partial charge in [-0.1, -0.05) is 13.0 Å². The van der Waals surface area contributed by atoms with Gasteiger partial charge in [-0.15, -0.1) is 6.58 Å². The fourth-order valence-corrected chi connectivity index (χ4v) is 5.59. The maximum atomic E-state index is 10.3. The molecule has 0 radical (unpaired) electrons. The van der Waals surface area contributed by atoms with Gasteiger partial charge >= 0.3 is 12.0 Å². The quantitative estimate of drug-likeness (QED) is 0.614. The van der Waals surface area contributed by atoms with Crippen LogP contribution in [0.3, 0.4) is 0 Å². The van der Waals surface area contributed by atoms with Crippen molar-refractivity contribution in [1.82, 2.24) is 0 Å². The van der Waals surface area contributed by atoms with Crippen molar-refractivity contribution in [2.75, 3.05) is 7.11 Å². The predicted molar refractivity (Wildman–Crippen MR) is 97.0 cm³/mol. The molecule has 0 aromatic heterocycles. The predicted octanol–water partition coefficient (Wildman–Crippen LogP) is 3.72. The fourth-order valence-electron chi connectivity index (χ4n) is 5.59. The summed E-state index contributed by atoms with van der Waals surface area (Å²) >= 11 is 0. The van der Waals surface area contributed by atoms with Crippen LogP contribution in [0.4, 0.5) is 0 Å². The molecule has 0 aromatic rings. The molecular formula is C21H28NO3+. The summed E-state index contributed by atoms with van der Waals surface area (Å²) < 4.78 is 11.9. The summed E-state index contributed by atoms with van der Waals surface area (Å²) in [6, 6.07) is -0.0743. The number of aliphatic hydroxyl groups is 1. The van der Waals surface area contributed by atoms with Crippen LogP contribution in [-0.2, 0) is 9.47 Å². The number of aliphatic imine (C=N–C) groups is 1. The molecule has 4 nitrogen and oxygen atoms in total. The van der Waals surface area contributed by atoms with Crippen molar-refractivity contribution in [3.8, 4) is 0 Å². The summed E-state index contributed by atoms with van der Waals surface area (Å²) in [7, 11) is 1.64. The van der Waals surface area contributed by atoms with Gasteiger partial charge in [0.2, 0.25) is 0 Å². The van der Waals surface area contributed by atoms with Gasteiger partial charge in [0.25, 0.3) is 0 Å². The number of aliphatic hydroxyl groups excluding tert-OH is 1. The Kier molecular flexibility index (Phi) is 3.82. The highest BCUT2D eigenvalue weighted by molar-refractivity contribution is 5.85.